The third kappa shape index (κ3) is 5.04. The number of nitrogens with one attached hydrogen (secondary N) is 1. The molecule has 4 nitrogen and oxygen atoms in total. The predicted molar refractivity (Wildman–Crippen MR) is 86.0 cm³/mol. The minimum Gasteiger partial charge on any atom is -0.383 e. The number of rotatable bonds is 6. The van der Waals surface area contributed by atoms with Crippen molar-refractivity contribution in [1.82, 2.24) is 4.72 Å². The number of alkyl halides is 3. The zero-order chi connectivity index (χ0) is 18.0. The number of thiophene rings is 1. The van der Waals surface area contributed by atoms with Gasteiger partial charge in [0.1, 0.15) is 5.60 Å². The van der Waals surface area contributed by atoms with E-state index in [0.29, 0.717) is 4.88 Å². The van der Waals surface area contributed by atoms with E-state index in [9.17, 15) is 26.7 Å². The van der Waals surface area contributed by atoms with Gasteiger partial charge in [0, 0.05) is 11.4 Å². The molecule has 0 spiro atoms. The molecule has 0 saturated heterocycles. The Balaban J connectivity index is 2.01. The Bertz CT molecular complexity index is 767. The first-order valence-electron chi connectivity index (χ1n) is 6.89. The second-order valence-corrected chi connectivity index (χ2v) is 8.28. The topological polar surface area (TPSA) is 66.4 Å². The molecule has 0 aliphatic carbocycles. The van der Waals surface area contributed by atoms with Crippen LogP contribution in [0.15, 0.2) is 41.8 Å². The highest BCUT2D eigenvalue weighted by atomic mass is 32.2. The summed E-state index contributed by atoms with van der Waals surface area (Å²) in [5.41, 5.74) is -1.97. The first-order chi connectivity index (χ1) is 11.0. The molecule has 1 aromatic heterocycles. The molecule has 0 unspecified atom stereocenters. The molecule has 1 atom stereocenters. The summed E-state index contributed by atoms with van der Waals surface area (Å²) in [7, 11) is -3.79. The SMILES string of the molecule is C[C@](O)(CNS(=O)(=O)Cc1ccc(C(F)(F)F)cc1)c1cccs1. The second-order valence-electron chi connectivity index (χ2n) is 5.53. The number of aliphatic hydroxyl groups is 1. The lowest BCUT2D eigenvalue weighted by molar-refractivity contribution is -0.137. The molecule has 9 heteroatoms. The van der Waals surface area contributed by atoms with Crippen LogP contribution in [-0.2, 0) is 27.6 Å². The van der Waals surface area contributed by atoms with Gasteiger partial charge >= 0.3 is 6.18 Å². The van der Waals surface area contributed by atoms with Crippen molar-refractivity contribution in [3.05, 3.63) is 57.8 Å². The van der Waals surface area contributed by atoms with Gasteiger partial charge in [-0.15, -0.1) is 11.3 Å². The van der Waals surface area contributed by atoms with Crippen LogP contribution in [0.4, 0.5) is 13.2 Å². The monoisotopic (exact) mass is 379 g/mol. The molecule has 132 valence electrons. The van der Waals surface area contributed by atoms with Crippen LogP contribution >= 0.6 is 11.3 Å². The third-order valence-corrected chi connectivity index (χ3v) is 5.75. The van der Waals surface area contributed by atoms with E-state index in [1.165, 1.54) is 18.3 Å². The van der Waals surface area contributed by atoms with E-state index in [2.05, 4.69) is 4.72 Å². The highest BCUT2D eigenvalue weighted by Gasteiger charge is 2.30. The van der Waals surface area contributed by atoms with Crippen LogP contribution < -0.4 is 4.72 Å². The molecule has 1 aromatic carbocycles. The van der Waals surface area contributed by atoms with E-state index in [-0.39, 0.29) is 12.1 Å². The van der Waals surface area contributed by atoms with Crippen LogP contribution in [0.2, 0.25) is 0 Å². The predicted octanol–water partition coefficient (Wildman–Crippen LogP) is 3.09. The molecule has 0 radical (unpaired) electrons. The van der Waals surface area contributed by atoms with Gasteiger partial charge in [-0.2, -0.15) is 13.2 Å². The lowest BCUT2D eigenvalue weighted by atomic mass is 10.1. The molecular weight excluding hydrogens is 363 g/mol. The fourth-order valence-corrected chi connectivity index (χ4v) is 4.00. The zero-order valence-electron chi connectivity index (χ0n) is 12.7. The Morgan fingerprint density at radius 3 is 2.29 bits per heavy atom. The van der Waals surface area contributed by atoms with Crippen LogP contribution in [-0.4, -0.2) is 20.1 Å². The molecule has 2 N–H and O–H groups in total. The van der Waals surface area contributed by atoms with E-state index < -0.39 is 33.1 Å². The van der Waals surface area contributed by atoms with Crippen LogP contribution in [0.1, 0.15) is 22.9 Å². The van der Waals surface area contributed by atoms with Gasteiger partial charge in [-0.25, -0.2) is 13.1 Å². The molecule has 0 bridgehead atoms. The van der Waals surface area contributed by atoms with Crippen molar-refractivity contribution in [1.29, 1.82) is 0 Å². The molecular formula is C15H16F3NO3S2. The van der Waals surface area contributed by atoms with Crippen molar-refractivity contribution >= 4 is 21.4 Å². The molecule has 0 aliphatic rings. The maximum atomic E-state index is 12.5. The molecule has 0 fully saturated rings. The Morgan fingerprint density at radius 1 is 1.17 bits per heavy atom. The summed E-state index contributed by atoms with van der Waals surface area (Å²) < 4.78 is 63.9. The number of halogens is 3. The molecule has 0 amide bonds. The van der Waals surface area contributed by atoms with Gasteiger partial charge in [-0.05, 0) is 36.1 Å². The molecule has 1 heterocycles. The van der Waals surface area contributed by atoms with Gasteiger partial charge in [-0.1, -0.05) is 18.2 Å². The lowest BCUT2D eigenvalue weighted by Crippen LogP contribution is -2.38. The second kappa shape index (κ2) is 6.83. The van der Waals surface area contributed by atoms with E-state index in [4.69, 9.17) is 0 Å². The average molecular weight is 379 g/mol. The Labute approximate surface area is 142 Å². The van der Waals surface area contributed by atoms with Gasteiger partial charge in [-0.3, -0.25) is 0 Å². The number of hydrogen-bond acceptors (Lipinski definition) is 4. The van der Waals surface area contributed by atoms with E-state index in [1.807, 2.05) is 0 Å². The number of sulfonamides is 1. The van der Waals surface area contributed by atoms with Gasteiger partial charge in [0.05, 0.1) is 11.3 Å². The first kappa shape index (κ1) is 18.9. The minimum atomic E-state index is -4.46. The number of hydrogen-bond donors (Lipinski definition) is 2. The van der Waals surface area contributed by atoms with Crippen molar-refractivity contribution in [3.8, 4) is 0 Å². The normalized spacial score (nSPS) is 15.2. The molecule has 0 aliphatic heterocycles. The largest absolute Gasteiger partial charge is 0.416 e. The van der Waals surface area contributed by atoms with Crippen molar-refractivity contribution < 1.29 is 26.7 Å². The van der Waals surface area contributed by atoms with E-state index in [1.54, 1.807) is 17.5 Å². The summed E-state index contributed by atoms with van der Waals surface area (Å²) in [6, 6.07) is 7.36. The van der Waals surface area contributed by atoms with Crippen LogP contribution in [0.25, 0.3) is 0 Å². The van der Waals surface area contributed by atoms with Gasteiger partial charge in [0.25, 0.3) is 0 Å². The minimum absolute atomic E-state index is 0.226. The Hall–Kier alpha value is -1.42. The smallest absolute Gasteiger partial charge is 0.383 e. The van der Waals surface area contributed by atoms with E-state index >= 15 is 0 Å². The van der Waals surface area contributed by atoms with Crippen LogP contribution in [0.3, 0.4) is 0 Å². The highest BCUT2D eigenvalue weighted by Crippen LogP contribution is 2.29. The quantitative estimate of drug-likeness (QED) is 0.811. The molecule has 2 aromatic rings. The number of benzene rings is 1. The average Bonchev–Trinajstić information content (AvgIpc) is 3.00. The Morgan fingerprint density at radius 2 is 1.79 bits per heavy atom. The summed E-state index contributed by atoms with van der Waals surface area (Å²) >= 11 is 1.30. The third-order valence-electron chi connectivity index (χ3n) is 3.33. The standard InChI is InChI=1S/C15H16F3NO3S2/c1-14(20,13-3-2-8-23-13)10-19-24(21,22)9-11-4-6-12(7-5-11)15(16,17)18/h2-8,19-20H,9-10H2,1H3/t14-/m0/s1. The van der Waals surface area contributed by atoms with Gasteiger partial charge < -0.3 is 5.11 Å². The summed E-state index contributed by atoms with van der Waals surface area (Å²) in [6.07, 6.45) is -4.46. The van der Waals surface area contributed by atoms with E-state index in [0.717, 1.165) is 24.3 Å². The fourth-order valence-electron chi connectivity index (χ4n) is 1.98. The zero-order valence-corrected chi connectivity index (χ0v) is 14.3. The summed E-state index contributed by atoms with van der Waals surface area (Å²) in [5.74, 6) is -0.467. The van der Waals surface area contributed by atoms with Crippen LogP contribution in [0, 0.1) is 0 Å². The highest BCUT2D eigenvalue weighted by molar-refractivity contribution is 7.88. The molecule has 2 rings (SSSR count). The summed E-state index contributed by atoms with van der Waals surface area (Å²) in [5, 5.41) is 12.1. The van der Waals surface area contributed by atoms with Gasteiger partial charge in [0.15, 0.2) is 0 Å². The van der Waals surface area contributed by atoms with Crippen molar-refractivity contribution in [2.75, 3.05) is 6.54 Å². The molecule has 24 heavy (non-hydrogen) atoms. The Kier molecular flexibility index (Phi) is 5.38. The van der Waals surface area contributed by atoms with Crippen molar-refractivity contribution in [2.45, 2.75) is 24.5 Å². The first-order valence-corrected chi connectivity index (χ1v) is 9.43. The van der Waals surface area contributed by atoms with Crippen LogP contribution in [0.5, 0.6) is 0 Å². The van der Waals surface area contributed by atoms with Crippen molar-refractivity contribution in [3.63, 3.8) is 0 Å². The summed E-state index contributed by atoms with van der Waals surface area (Å²) in [6.45, 7) is 1.26. The maximum absolute atomic E-state index is 12.5. The fraction of sp³-hybridized carbons (Fsp3) is 0.333. The summed E-state index contributed by atoms with van der Waals surface area (Å²) in [4.78, 5) is 0.611. The maximum Gasteiger partial charge on any atom is 0.416 e. The molecule has 0 saturated carbocycles. The lowest BCUT2D eigenvalue weighted by Gasteiger charge is -2.22. The van der Waals surface area contributed by atoms with Gasteiger partial charge in [0.2, 0.25) is 10.0 Å². The van der Waals surface area contributed by atoms with Crippen molar-refractivity contribution in [2.24, 2.45) is 0 Å².